The molecule has 2 aromatic rings. The van der Waals surface area contributed by atoms with Crippen LogP contribution in [0.3, 0.4) is 0 Å². The molecule has 1 unspecified atom stereocenters. The minimum atomic E-state index is -2.07. The van der Waals surface area contributed by atoms with Crippen molar-refractivity contribution in [3.8, 4) is 0 Å². The smallest absolute Gasteiger partial charge is 0.461 e. The van der Waals surface area contributed by atoms with Gasteiger partial charge in [0.15, 0.2) is 5.65 Å². The first kappa shape index (κ1) is 21.1. The highest BCUT2D eigenvalue weighted by atomic mass is 31.1. The Labute approximate surface area is 156 Å². The van der Waals surface area contributed by atoms with E-state index >= 15 is 0 Å². The number of fused-ring (bicyclic) bond motifs is 1. The molecule has 0 fully saturated rings. The molecule has 0 aliphatic heterocycles. The van der Waals surface area contributed by atoms with Gasteiger partial charge in [-0.2, -0.15) is 9.61 Å². The second kappa shape index (κ2) is 9.63. The van der Waals surface area contributed by atoms with Crippen molar-refractivity contribution in [3.05, 3.63) is 18.1 Å². The summed E-state index contributed by atoms with van der Waals surface area (Å²) in [6.45, 7) is 4.19. The molecule has 10 nitrogen and oxygen atoms in total. The van der Waals surface area contributed by atoms with Gasteiger partial charge in [-0.05, 0) is 25.3 Å². The van der Waals surface area contributed by atoms with Crippen LogP contribution in [0.4, 0.5) is 10.3 Å². The number of ether oxygens (including phenoxy) is 2. The lowest BCUT2D eigenvalue weighted by Crippen LogP contribution is -2.33. The molecule has 0 aliphatic carbocycles. The van der Waals surface area contributed by atoms with Gasteiger partial charge in [0.2, 0.25) is 5.95 Å². The number of nitrogen functional groups attached to an aromatic ring is 1. The van der Waals surface area contributed by atoms with E-state index in [1.807, 2.05) is 0 Å². The van der Waals surface area contributed by atoms with Crippen molar-refractivity contribution >= 4 is 25.5 Å². The number of nitrogens with one attached hydrogen (secondary N) is 1. The first-order valence-electron chi connectivity index (χ1n) is 8.33. The SMILES string of the molecule is CC(C)OC(=O)[C@H](C)N[P+](=O)CO[C@@H](CF)Cc1cnn2c(N)ncnc12. The molecule has 0 saturated heterocycles. The van der Waals surface area contributed by atoms with Crippen molar-refractivity contribution in [2.75, 3.05) is 18.8 Å². The number of nitrogens with two attached hydrogens (primary N) is 1. The summed E-state index contributed by atoms with van der Waals surface area (Å²) in [5.74, 6) is -0.350. The largest absolute Gasteiger partial charge is 0.462 e. The fourth-order valence-electron chi connectivity index (χ4n) is 2.24. The van der Waals surface area contributed by atoms with Crippen LogP contribution in [0.5, 0.6) is 0 Å². The molecule has 0 aromatic carbocycles. The average Bonchev–Trinajstić information content (AvgIpc) is 3.02. The molecule has 3 atom stereocenters. The lowest BCUT2D eigenvalue weighted by molar-refractivity contribution is -0.148. The van der Waals surface area contributed by atoms with Crippen molar-refractivity contribution in [3.63, 3.8) is 0 Å². The van der Waals surface area contributed by atoms with Crippen LogP contribution >= 0.6 is 7.95 Å². The Bertz CT molecular complexity index is 802. The third-order valence-corrected chi connectivity index (χ3v) is 4.55. The summed E-state index contributed by atoms with van der Waals surface area (Å²) in [5, 5.41) is 6.64. The van der Waals surface area contributed by atoms with Crippen molar-refractivity contribution in [1.82, 2.24) is 24.7 Å². The Balaban J connectivity index is 1.88. The van der Waals surface area contributed by atoms with Crippen LogP contribution in [0.15, 0.2) is 12.5 Å². The number of esters is 1. The number of alkyl halides is 1. The van der Waals surface area contributed by atoms with Gasteiger partial charge in [-0.1, -0.05) is 5.09 Å². The summed E-state index contributed by atoms with van der Waals surface area (Å²) >= 11 is 0. The molecular weight excluding hydrogens is 378 g/mol. The Kier molecular flexibility index (Phi) is 7.52. The number of carbonyl (C=O) groups excluding carboxylic acids is 1. The van der Waals surface area contributed by atoms with E-state index in [2.05, 4.69) is 20.2 Å². The number of aromatic nitrogens is 4. The van der Waals surface area contributed by atoms with Gasteiger partial charge in [-0.3, -0.25) is 4.79 Å². The molecule has 0 radical (unpaired) electrons. The second-order valence-electron chi connectivity index (χ2n) is 6.13. The first-order chi connectivity index (χ1) is 12.8. The molecular formula is C15H23FN6O4P+. The molecule has 0 spiro atoms. The van der Waals surface area contributed by atoms with E-state index in [1.165, 1.54) is 24.0 Å². The molecule has 2 aromatic heterocycles. The van der Waals surface area contributed by atoms with E-state index in [-0.39, 0.29) is 24.8 Å². The zero-order valence-electron chi connectivity index (χ0n) is 15.3. The summed E-state index contributed by atoms with van der Waals surface area (Å²) in [4.78, 5) is 19.6. The van der Waals surface area contributed by atoms with Gasteiger partial charge in [-0.15, -0.1) is 0 Å². The van der Waals surface area contributed by atoms with Gasteiger partial charge in [0.25, 0.3) is 6.35 Å². The van der Waals surface area contributed by atoms with Gasteiger partial charge >= 0.3 is 13.9 Å². The Morgan fingerprint density at radius 1 is 1.41 bits per heavy atom. The van der Waals surface area contributed by atoms with Crippen LogP contribution in [0.2, 0.25) is 0 Å². The third kappa shape index (κ3) is 5.88. The topological polar surface area (TPSA) is 134 Å². The van der Waals surface area contributed by atoms with Gasteiger partial charge in [0.05, 0.1) is 18.4 Å². The van der Waals surface area contributed by atoms with Crippen molar-refractivity contribution in [2.24, 2.45) is 0 Å². The van der Waals surface area contributed by atoms with Gasteiger partial charge in [-0.25, -0.2) is 14.4 Å². The predicted octanol–water partition coefficient (Wildman–Crippen LogP) is 1.23. The molecule has 27 heavy (non-hydrogen) atoms. The Morgan fingerprint density at radius 3 is 2.81 bits per heavy atom. The van der Waals surface area contributed by atoms with Gasteiger partial charge < -0.3 is 15.2 Å². The summed E-state index contributed by atoms with van der Waals surface area (Å²) in [7, 11) is -2.07. The van der Waals surface area contributed by atoms with Crippen LogP contribution in [0, 0.1) is 0 Å². The van der Waals surface area contributed by atoms with Gasteiger partial charge in [0.1, 0.15) is 19.0 Å². The Hall–Kier alpha value is -2.23. The van der Waals surface area contributed by atoms with E-state index in [0.29, 0.717) is 11.2 Å². The average molecular weight is 401 g/mol. The number of nitrogens with zero attached hydrogens (tertiary/aromatic N) is 4. The number of hydrogen-bond donors (Lipinski definition) is 2. The van der Waals surface area contributed by atoms with Crippen LogP contribution in [-0.2, 0) is 25.3 Å². The summed E-state index contributed by atoms with van der Waals surface area (Å²) < 4.78 is 37.1. The van der Waals surface area contributed by atoms with Crippen LogP contribution in [0.25, 0.3) is 5.65 Å². The van der Waals surface area contributed by atoms with E-state index in [9.17, 15) is 13.8 Å². The van der Waals surface area contributed by atoms with E-state index in [4.69, 9.17) is 15.2 Å². The Morgan fingerprint density at radius 2 is 2.15 bits per heavy atom. The monoisotopic (exact) mass is 401 g/mol. The maximum atomic E-state index is 13.3. The van der Waals surface area contributed by atoms with Gasteiger partial charge in [0, 0.05) is 12.0 Å². The zero-order chi connectivity index (χ0) is 20.0. The number of rotatable bonds is 10. The summed E-state index contributed by atoms with van der Waals surface area (Å²) in [6, 6.07) is -0.761. The van der Waals surface area contributed by atoms with E-state index in [1.54, 1.807) is 13.8 Å². The summed E-state index contributed by atoms with van der Waals surface area (Å²) in [5.41, 5.74) is 6.78. The number of anilines is 1. The number of carbonyl (C=O) groups is 1. The maximum absolute atomic E-state index is 13.3. The molecule has 0 saturated carbocycles. The maximum Gasteiger partial charge on any atom is 0.461 e. The molecule has 0 amide bonds. The molecule has 0 aliphatic rings. The minimum absolute atomic E-state index is 0.165. The molecule has 148 valence electrons. The van der Waals surface area contributed by atoms with E-state index < -0.39 is 32.7 Å². The minimum Gasteiger partial charge on any atom is -0.462 e. The lowest BCUT2D eigenvalue weighted by Gasteiger charge is -2.12. The predicted molar refractivity (Wildman–Crippen MR) is 96.0 cm³/mol. The zero-order valence-corrected chi connectivity index (χ0v) is 16.2. The van der Waals surface area contributed by atoms with Crippen molar-refractivity contribution in [2.45, 2.75) is 45.4 Å². The number of halogens is 1. The third-order valence-electron chi connectivity index (χ3n) is 3.49. The highest BCUT2D eigenvalue weighted by Crippen LogP contribution is 2.20. The standard InChI is InChI=1S/C15H23FN6O4P/c1-9(2)26-14(23)10(3)21-27(24)8-25-12(5-16)4-11-6-20-22-13(11)18-7-19-15(22)17/h6-7,9-10,12H,4-5,8H2,1-3H3,(H,21,24)(H2,17,18,19)/q+1/t10-,12+/m0/s1. The van der Waals surface area contributed by atoms with Crippen molar-refractivity contribution in [1.29, 1.82) is 0 Å². The fourth-order valence-corrected chi connectivity index (χ4v) is 3.20. The normalized spacial score (nSPS) is 14.3. The van der Waals surface area contributed by atoms with Crippen LogP contribution in [-0.4, -0.2) is 56.8 Å². The van der Waals surface area contributed by atoms with Crippen LogP contribution < -0.4 is 10.8 Å². The second-order valence-corrected chi connectivity index (χ2v) is 7.40. The first-order valence-corrected chi connectivity index (χ1v) is 9.78. The molecule has 12 heteroatoms. The van der Waals surface area contributed by atoms with Crippen molar-refractivity contribution < 1.29 is 23.2 Å². The molecule has 2 rings (SSSR count). The number of hydrogen-bond acceptors (Lipinski definition) is 8. The summed E-state index contributed by atoms with van der Waals surface area (Å²) in [6.07, 6.45) is 1.61. The van der Waals surface area contributed by atoms with Crippen LogP contribution in [0.1, 0.15) is 26.3 Å². The fraction of sp³-hybridized carbons (Fsp3) is 0.600. The highest BCUT2D eigenvalue weighted by molar-refractivity contribution is 7.42. The molecule has 3 N–H and O–H groups in total. The lowest BCUT2D eigenvalue weighted by atomic mass is 10.1. The molecule has 2 heterocycles. The highest BCUT2D eigenvalue weighted by Gasteiger charge is 2.27. The molecule has 0 bridgehead atoms. The van der Waals surface area contributed by atoms with E-state index in [0.717, 1.165) is 0 Å². The quantitative estimate of drug-likeness (QED) is 0.445.